The maximum absolute atomic E-state index is 13.3. The number of benzene rings is 2. The molecule has 0 atom stereocenters. The summed E-state index contributed by atoms with van der Waals surface area (Å²) in [6, 6.07) is 17.7. The molecule has 0 saturated carbocycles. The lowest BCUT2D eigenvalue weighted by molar-refractivity contribution is 0.319. The van der Waals surface area contributed by atoms with E-state index in [4.69, 9.17) is 9.47 Å². The van der Waals surface area contributed by atoms with Crippen LogP contribution in [-0.4, -0.2) is 24.6 Å². The number of aromatic nitrogens is 1. The summed E-state index contributed by atoms with van der Waals surface area (Å²) in [5.41, 5.74) is 1.81. The van der Waals surface area contributed by atoms with Crippen LogP contribution in [0.25, 0.3) is 0 Å². The molecule has 0 aliphatic heterocycles. The first-order valence-electron chi connectivity index (χ1n) is 9.71. The zero-order chi connectivity index (χ0) is 21.2. The molecule has 2 aromatic carbocycles. The first kappa shape index (κ1) is 24.4. The predicted molar refractivity (Wildman–Crippen MR) is 131 cm³/mol. The number of aliphatic imine (C=N–C) groups is 1. The van der Waals surface area contributed by atoms with Crippen LogP contribution < -0.4 is 20.1 Å². The number of pyridine rings is 1. The molecule has 0 bridgehead atoms. The van der Waals surface area contributed by atoms with Gasteiger partial charge in [0.05, 0.1) is 6.61 Å². The number of nitrogens with one attached hydrogen (secondary N) is 2. The van der Waals surface area contributed by atoms with Gasteiger partial charge >= 0.3 is 0 Å². The SMILES string of the molecule is CCOc1ccccc1Oc1ccc(CNC(=NC)NCc2cccc(F)c2)cn1.I. The van der Waals surface area contributed by atoms with Gasteiger partial charge in [-0.25, -0.2) is 9.37 Å². The first-order valence-corrected chi connectivity index (χ1v) is 9.71. The van der Waals surface area contributed by atoms with E-state index in [0.29, 0.717) is 43.0 Å². The highest BCUT2D eigenvalue weighted by Crippen LogP contribution is 2.30. The number of halogens is 2. The Morgan fingerprint density at radius 2 is 1.71 bits per heavy atom. The van der Waals surface area contributed by atoms with E-state index in [9.17, 15) is 4.39 Å². The molecule has 164 valence electrons. The van der Waals surface area contributed by atoms with Crippen molar-refractivity contribution in [3.05, 3.63) is 83.8 Å². The molecule has 0 spiro atoms. The van der Waals surface area contributed by atoms with Crippen molar-refractivity contribution in [3.8, 4) is 17.4 Å². The van der Waals surface area contributed by atoms with Crippen LogP contribution in [0.2, 0.25) is 0 Å². The summed E-state index contributed by atoms with van der Waals surface area (Å²) in [5, 5.41) is 6.37. The highest BCUT2D eigenvalue weighted by molar-refractivity contribution is 14.0. The molecule has 8 heteroatoms. The fraction of sp³-hybridized carbons (Fsp3) is 0.217. The van der Waals surface area contributed by atoms with Crippen LogP contribution in [0.5, 0.6) is 17.4 Å². The van der Waals surface area contributed by atoms with Gasteiger partial charge in [0.1, 0.15) is 5.82 Å². The molecule has 1 aromatic heterocycles. The van der Waals surface area contributed by atoms with Gasteiger partial charge in [-0.2, -0.15) is 0 Å². The average Bonchev–Trinajstić information content (AvgIpc) is 2.76. The third kappa shape index (κ3) is 7.71. The molecule has 6 nitrogen and oxygen atoms in total. The number of hydrogen-bond donors (Lipinski definition) is 2. The van der Waals surface area contributed by atoms with Crippen LogP contribution >= 0.6 is 24.0 Å². The van der Waals surface area contributed by atoms with Gasteiger partial charge in [-0.15, -0.1) is 24.0 Å². The summed E-state index contributed by atoms with van der Waals surface area (Å²) >= 11 is 0. The smallest absolute Gasteiger partial charge is 0.219 e. The number of ether oxygens (including phenoxy) is 2. The second-order valence-corrected chi connectivity index (χ2v) is 6.40. The van der Waals surface area contributed by atoms with Crippen molar-refractivity contribution >= 4 is 29.9 Å². The van der Waals surface area contributed by atoms with Crippen molar-refractivity contribution in [3.63, 3.8) is 0 Å². The number of para-hydroxylation sites is 2. The van der Waals surface area contributed by atoms with Gasteiger partial charge in [0.2, 0.25) is 5.88 Å². The number of guanidine groups is 1. The Kier molecular flexibility index (Phi) is 10.0. The molecule has 2 N–H and O–H groups in total. The molecular weight excluding hydrogens is 510 g/mol. The maximum atomic E-state index is 13.3. The minimum absolute atomic E-state index is 0. The Bertz CT molecular complexity index is 983. The third-order valence-electron chi connectivity index (χ3n) is 4.19. The first-order chi connectivity index (χ1) is 14.7. The van der Waals surface area contributed by atoms with E-state index in [0.717, 1.165) is 11.1 Å². The van der Waals surface area contributed by atoms with Crippen molar-refractivity contribution in [2.75, 3.05) is 13.7 Å². The Hall–Kier alpha value is -2.88. The molecular formula is C23H26FIN4O2. The topological polar surface area (TPSA) is 67.8 Å². The van der Waals surface area contributed by atoms with Gasteiger partial charge in [0, 0.05) is 32.4 Å². The Balaban J connectivity index is 0.00000341. The zero-order valence-corrected chi connectivity index (χ0v) is 19.8. The minimum Gasteiger partial charge on any atom is -0.490 e. The highest BCUT2D eigenvalue weighted by atomic mass is 127. The normalized spacial score (nSPS) is 10.7. The van der Waals surface area contributed by atoms with E-state index in [2.05, 4.69) is 20.6 Å². The molecule has 0 aliphatic carbocycles. The fourth-order valence-corrected chi connectivity index (χ4v) is 2.74. The van der Waals surface area contributed by atoms with Gasteiger partial charge < -0.3 is 20.1 Å². The monoisotopic (exact) mass is 536 g/mol. The minimum atomic E-state index is -0.255. The van der Waals surface area contributed by atoms with Gasteiger partial charge in [0.25, 0.3) is 0 Å². The third-order valence-corrected chi connectivity index (χ3v) is 4.19. The van der Waals surface area contributed by atoms with Crippen LogP contribution in [0.1, 0.15) is 18.1 Å². The number of rotatable bonds is 8. The summed E-state index contributed by atoms with van der Waals surface area (Å²) in [6.45, 7) is 3.50. The van der Waals surface area contributed by atoms with E-state index < -0.39 is 0 Å². The van der Waals surface area contributed by atoms with Gasteiger partial charge in [0.15, 0.2) is 17.5 Å². The second-order valence-electron chi connectivity index (χ2n) is 6.40. The molecule has 0 radical (unpaired) electrons. The Morgan fingerprint density at radius 3 is 2.35 bits per heavy atom. The Morgan fingerprint density at radius 1 is 0.968 bits per heavy atom. The van der Waals surface area contributed by atoms with E-state index in [1.807, 2.05) is 49.4 Å². The van der Waals surface area contributed by atoms with Gasteiger partial charge in [-0.05, 0) is 42.3 Å². The molecule has 0 unspecified atom stereocenters. The summed E-state index contributed by atoms with van der Waals surface area (Å²) in [5.74, 6) is 2.15. The average molecular weight is 536 g/mol. The van der Waals surface area contributed by atoms with Gasteiger partial charge in [-0.3, -0.25) is 4.99 Å². The van der Waals surface area contributed by atoms with Crippen molar-refractivity contribution in [2.45, 2.75) is 20.0 Å². The van der Waals surface area contributed by atoms with E-state index in [-0.39, 0.29) is 29.8 Å². The van der Waals surface area contributed by atoms with E-state index in [1.165, 1.54) is 12.1 Å². The van der Waals surface area contributed by atoms with Crippen LogP contribution in [0, 0.1) is 5.82 Å². The van der Waals surface area contributed by atoms with E-state index in [1.54, 1.807) is 19.3 Å². The van der Waals surface area contributed by atoms with Crippen LogP contribution in [0.4, 0.5) is 4.39 Å². The van der Waals surface area contributed by atoms with Gasteiger partial charge in [-0.1, -0.05) is 30.3 Å². The standard InChI is InChI=1S/C23H25FN4O2.HI/c1-3-29-20-9-4-5-10-21(20)30-22-12-11-18(15-26-22)16-28-23(25-2)27-14-17-7-6-8-19(24)13-17;/h4-13,15H,3,14,16H2,1-2H3,(H2,25,27,28);1H. The molecule has 1 heterocycles. The zero-order valence-electron chi connectivity index (χ0n) is 17.5. The largest absolute Gasteiger partial charge is 0.490 e. The molecule has 3 rings (SSSR count). The lowest BCUT2D eigenvalue weighted by atomic mass is 10.2. The van der Waals surface area contributed by atoms with E-state index >= 15 is 0 Å². The summed E-state index contributed by atoms with van der Waals surface area (Å²) in [6.07, 6.45) is 1.74. The molecule has 31 heavy (non-hydrogen) atoms. The van der Waals surface area contributed by atoms with Crippen LogP contribution in [-0.2, 0) is 13.1 Å². The number of nitrogens with zero attached hydrogens (tertiary/aromatic N) is 2. The maximum Gasteiger partial charge on any atom is 0.219 e. The molecule has 0 aliphatic rings. The van der Waals surface area contributed by atoms with Crippen molar-refractivity contribution in [2.24, 2.45) is 4.99 Å². The lowest BCUT2D eigenvalue weighted by Gasteiger charge is -2.13. The molecule has 0 amide bonds. The predicted octanol–water partition coefficient (Wildman–Crippen LogP) is 4.89. The van der Waals surface area contributed by atoms with Crippen LogP contribution in [0.15, 0.2) is 71.9 Å². The quantitative estimate of drug-likeness (QED) is 0.244. The van der Waals surface area contributed by atoms with Crippen molar-refractivity contribution in [1.29, 1.82) is 0 Å². The Labute approximate surface area is 198 Å². The number of hydrogen-bond acceptors (Lipinski definition) is 4. The van der Waals surface area contributed by atoms with Crippen molar-refractivity contribution in [1.82, 2.24) is 15.6 Å². The van der Waals surface area contributed by atoms with Crippen LogP contribution in [0.3, 0.4) is 0 Å². The summed E-state index contributed by atoms with van der Waals surface area (Å²) in [7, 11) is 1.69. The molecule has 3 aromatic rings. The molecule has 0 saturated heterocycles. The lowest BCUT2D eigenvalue weighted by Crippen LogP contribution is -2.36. The second kappa shape index (κ2) is 12.7. The fourth-order valence-electron chi connectivity index (χ4n) is 2.74. The molecule has 0 fully saturated rings. The summed E-state index contributed by atoms with van der Waals surface area (Å²) in [4.78, 5) is 8.55. The summed E-state index contributed by atoms with van der Waals surface area (Å²) < 4.78 is 24.7. The van der Waals surface area contributed by atoms with Crippen molar-refractivity contribution < 1.29 is 13.9 Å². The highest BCUT2D eigenvalue weighted by Gasteiger charge is 2.06.